The van der Waals surface area contributed by atoms with Crippen LogP contribution in [0.5, 0.6) is 5.75 Å². The lowest BCUT2D eigenvalue weighted by atomic mass is 9.96. The molecule has 3 aromatic carbocycles. The highest BCUT2D eigenvalue weighted by Crippen LogP contribution is 2.44. The minimum atomic E-state index is -0.230. The molecule has 2 atom stereocenters. The van der Waals surface area contributed by atoms with E-state index in [1.54, 1.807) is 0 Å². The van der Waals surface area contributed by atoms with Crippen molar-refractivity contribution in [2.24, 2.45) is 0 Å². The average Bonchev–Trinajstić information content (AvgIpc) is 3.53. The third-order valence-electron chi connectivity index (χ3n) is 8.03. The number of hydrogen-bond donors (Lipinski definition) is 2. The molecule has 7 nitrogen and oxygen atoms in total. The maximum atomic E-state index is 12.6. The Morgan fingerprint density at radius 3 is 2.41 bits per heavy atom. The van der Waals surface area contributed by atoms with Crippen LogP contribution in [-0.2, 0) is 4.79 Å². The molecule has 1 aliphatic heterocycles. The number of anilines is 2. The van der Waals surface area contributed by atoms with Crippen molar-refractivity contribution in [2.75, 3.05) is 16.8 Å². The first-order chi connectivity index (χ1) is 21.3. The van der Waals surface area contributed by atoms with Crippen molar-refractivity contribution in [1.82, 2.24) is 14.9 Å². The van der Waals surface area contributed by atoms with E-state index in [-0.39, 0.29) is 24.6 Å². The summed E-state index contributed by atoms with van der Waals surface area (Å²) in [5.41, 5.74) is 9.60. The third kappa shape index (κ3) is 5.81. The van der Waals surface area contributed by atoms with E-state index < -0.39 is 0 Å². The molecule has 222 valence electrons. The summed E-state index contributed by atoms with van der Waals surface area (Å²) in [7, 11) is 0. The topological polar surface area (TPSA) is 71.4 Å². The minimum Gasteiger partial charge on any atom is -0.484 e. The third-order valence-corrected chi connectivity index (χ3v) is 8.35. The summed E-state index contributed by atoms with van der Waals surface area (Å²) in [6, 6.07) is 31.5. The molecule has 1 amide bonds. The molecule has 2 N–H and O–H groups in total. The van der Waals surface area contributed by atoms with E-state index in [0.717, 1.165) is 22.8 Å². The second kappa shape index (κ2) is 12.3. The van der Waals surface area contributed by atoms with Crippen molar-refractivity contribution >= 4 is 34.6 Å². The van der Waals surface area contributed by atoms with Crippen molar-refractivity contribution in [3.63, 3.8) is 0 Å². The number of pyridine rings is 1. The molecule has 1 saturated heterocycles. The van der Waals surface area contributed by atoms with Gasteiger partial charge >= 0.3 is 0 Å². The van der Waals surface area contributed by atoms with Gasteiger partial charge in [0.1, 0.15) is 5.75 Å². The Labute approximate surface area is 263 Å². The van der Waals surface area contributed by atoms with E-state index in [1.165, 1.54) is 22.4 Å². The molecule has 6 rings (SSSR count). The molecule has 1 aliphatic rings. The molecule has 8 heteroatoms. The molecule has 2 aromatic heterocycles. The number of nitrogens with one attached hydrogen (secondary N) is 2. The van der Waals surface area contributed by atoms with Crippen molar-refractivity contribution in [2.45, 2.75) is 39.8 Å². The highest BCUT2D eigenvalue weighted by atomic mass is 32.1. The van der Waals surface area contributed by atoms with Crippen LogP contribution in [0.2, 0.25) is 0 Å². The lowest BCUT2D eigenvalue weighted by Crippen LogP contribution is -2.29. The van der Waals surface area contributed by atoms with Crippen LogP contribution in [0.25, 0.3) is 5.69 Å². The standard InChI is InChI=1S/C36H35N5O2S/c1-23-13-14-24(2)32(20-23)40-25(3)21-30(26(40)4)35-34(31-12-8-9-19-37-31)39-36(44)41(35)28-17-15-27(16-18-28)38-33(42)22-43-29-10-6-5-7-11-29/h5-21,34-35H,22H2,1-4H3,(H,38,42)(H,39,44)/t34-,35+/m0/s1. The molecular formula is C36H35N5O2S. The zero-order valence-corrected chi connectivity index (χ0v) is 26.1. The van der Waals surface area contributed by atoms with E-state index in [1.807, 2.05) is 79.0 Å². The zero-order valence-electron chi connectivity index (χ0n) is 25.2. The maximum Gasteiger partial charge on any atom is 0.262 e. The number of amides is 1. The van der Waals surface area contributed by atoms with Crippen LogP contribution in [0.4, 0.5) is 11.4 Å². The Morgan fingerprint density at radius 1 is 0.932 bits per heavy atom. The Bertz CT molecular complexity index is 1800. The van der Waals surface area contributed by atoms with Crippen LogP contribution in [-0.4, -0.2) is 27.2 Å². The largest absolute Gasteiger partial charge is 0.484 e. The normalized spacial score (nSPS) is 16.1. The number of ether oxygens (including phenoxy) is 1. The molecule has 5 aromatic rings. The predicted octanol–water partition coefficient (Wildman–Crippen LogP) is 7.30. The minimum absolute atomic E-state index is 0.0737. The molecule has 0 bridgehead atoms. The van der Waals surface area contributed by atoms with Crippen LogP contribution in [0.15, 0.2) is 103 Å². The number of carbonyl (C=O) groups excluding carboxylic acids is 1. The SMILES string of the molecule is Cc1ccc(C)c(-n2c(C)cc([C@@H]3[C@H](c4ccccn4)NC(=S)N3c3ccc(NC(=O)COc4ccccc4)cc3)c2C)c1. The van der Waals surface area contributed by atoms with Gasteiger partial charge in [0.15, 0.2) is 11.7 Å². The fourth-order valence-electron chi connectivity index (χ4n) is 5.94. The second-order valence-corrected chi connectivity index (χ2v) is 11.5. The number of para-hydroxylation sites is 1. The summed E-state index contributed by atoms with van der Waals surface area (Å²) in [6.07, 6.45) is 1.82. The summed E-state index contributed by atoms with van der Waals surface area (Å²) in [4.78, 5) is 19.4. The van der Waals surface area contributed by atoms with E-state index in [2.05, 4.69) is 72.1 Å². The molecule has 0 radical (unpaired) electrons. The van der Waals surface area contributed by atoms with Crippen molar-refractivity contribution in [3.05, 3.63) is 137 Å². The van der Waals surface area contributed by atoms with E-state index in [4.69, 9.17) is 21.9 Å². The van der Waals surface area contributed by atoms with E-state index in [9.17, 15) is 4.79 Å². The lowest BCUT2D eigenvalue weighted by molar-refractivity contribution is -0.118. The van der Waals surface area contributed by atoms with Crippen molar-refractivity contribution < 1.29 is 9.53 Å². The van der Waals surface area contributed by atoms with Gasteiger partial charge in [0.25, 0.3) is 5.91 Å². The van der Waals surface area contributed by atoms with Crippen LogP contribution < -0.4 is 20.3 Å². The summed E-state index contributed by atoms with van der Waals surface area (Å²) >= 11 is 5.97. The Kier molecular flexibility index (Phi) is 8.17. The Balaban J connectivity index is 1.32. The number of carbonyl (C=O) groups is 1. The summed E-state index contributed by atoms with van der Waals surface area (Å²) < 4.78 is 7.93. The van der Waals surface area contributed by atoms with Crippen LogP contribution >= 0.6 is 12.2 Å². The fraction of sp³-hybridized carbons (Fsp3) is 0.194. The smallest absolute Gasteiger partial charge is 0.262 e. The van der Waals surface area contributed by atoms with Gasteiger partial charge < -0.3 is 24.8 Å². The molecule has 44 heavy (non-hydrogen) atoms. The molecule has 0 aliphatic carbocycles. The summed E-state index contributed by atoms with van der Waals surface area (Å²) in [6.45, 7) is 8.53. The van der Waals surface area contributed by atoms with E-state index >= 15 is 0 Å². The highest BCUT2D eigenvalue weighted by Gasteiger charge is 2.42. The molecule has 1 fully saturated rings. The van der Waals surface area contributed by atoms with Crippen molar-refractivity contribution in [1.29, 1.82) is 0 Å². The van der Waals surface area contributed by atoms with Gasteiger partial charge in [-0.1, -0.05) is 36.4 Å². The number of hydrogen-bond acceptors (Lipinski definition) is 4. The van der Waals surface area contributed by atoms with Crippen molar-refractivity contribution in [3.8, 4) is 11.4 Å². The Morgan fingerprint density at radius 2 is 1.68 bits per heavy atom. The number of benzene rings is 3. The number of aryl methyl sites for hydroxylation is 3. The van der Waals surface area contributed by atoms with E-state index in [0.29, 0.717) is 16.5 Å². The van der Waals surface area contributed by atoms with Gasteiger partial charge in [0.2, 0.25) is 0 Å². The average molecular weight is 602 g/mol. The maximum absolute atomic E-state index is 12.6. The predicted molar refractivity (Wildman–Crippen MR) is 180 cm³/mol. The fourth-order valence-corrected chi connectivity index (χ4v) is 6.28. The first-order valence-corrected chi connectivity index (χ1v) is 15.1. The summed E-state index contributed by atoms with van der Waals surface area (Å²) in [5, 5.41) is 7.10. The number of rotatable bonds is 8. The zero-order chi connectivity index (χ0) is 30.8. The quantitative estimate of drug-likeness (QED) is 0.182. The van der Waals surface area contributed by atoms with Crippen LogP contribution in [0, 0.1) is 27.7 Å². The molecule has 3 heterocycles. The second-order valence-electron chi connectivity index (χ2n) is 11.1. The molecule has 0 spiro atoms. The molecule has 0 saturated carbocycles. The van der Waals surface area contributed by atoms with Gasteiger partial charge in [-0.3, -0.25) is 9.78 Å². The van der Waals surface area contributed by atoms with Gasteiger partial charge in [-0.25, -0.2) is 0 Å². The van der Waals surface area contributed by atoms with Crippen LogP contribution in [0.3, 0.4) is 0 Å². The monoisotopic (exact) mass is 601 g/mol. The van der Waals surface area contributed by atoms with Gasteiger partial charge in [-0.05, 0) is 117 Å². The van der Waals surface area contributed by atoms with Crippen LogP contribution in [0.1, 0.15) is 45.9 Å². The molecular weight excluding hydrogens is 566 g/mol. The summed E-state index contributed by atoms with van der Waals surface area (Å²) in [5.74, 6) is 0.422. The first-order valence-electron chi connectivity index (χ1n) is 14.6. The highest BCUT2D eigenvalue weighted by molar-refractivity contribution is 7.80. The lowest BCUT2D eigenvalue weighted by Gasteiger charge is -2.28. The van der Waals surface area contributed by atoms with Gasteiger partial charge in [-0.15, -0.1) is 0 Å². The Hall–Kier alpha value is -4.95. The number of nitrogens with zero attached hydrogens (tertiary/aromatic N) is 3. The first kappa shape index (κ1) is 29.1. The van der Waals surface area contributed by atoms with Gasteiger partial charge in [0.05, 0.1) is 17.8 Å². The molecule has 0 unspecified atom stereocenters. The van der Waals surface area contributed by atoms with Gasteiger partial charge in [0, 0.05) is 34.6 Å². The van der Waals surface area contributed by atoms with Gasteiger partial charge in [-0.2, -0.15) is 0 Å². The number of aromatic nitrogens is 2. The number of thiocarbonyl (C=S) groups is 1.